The van der Waals surface area contributed by atoms with Gasteiger partial charge in [-0.2, -0.15) is 0 Å². The largest absolute Gasteiger partial charge is 0.383 e. The van der Waals surface area contributed by atoms with Crippen molar-refractivity contribution >= 4 is 27.8 Å². The Bertz CT molecular complexity index is 931. The number of para-hydroxylation sites is 1. The van der Waals surface area contributed by atoms with E-state index in [1.165, 1.54) is 10.9 Å². The van der Waals surface area contributed by atoms with E-state index in [9.17, 15) is 4.79 Å². The van der Waals surface area contributed by atoms with Crippen molar-refractivity contribution in [3.05, 3.63) is 36.0 Å². The molecule has 0 spiro atoms. The number of methoxy groups -OCH3 is 1. The molecular formula is C20H25N3O2. The van der Waals surface area contributed by atoms with Crippen molar-refractivity contribution in [2.45, 2.75) is 45.3 Å². The molecule has 1 fully saturated rings. The molecule has 5 nitrogen and oxygen atoms in total. The predicted molar refractivity (Wildman–Crippen MR) is 100 cm³/mol. The standard InChI is InChI=1S/C20H25N3O2/c1-13(2)23-16-7-5-4-6-15(16)19-17(23)12-18(22(19)10-11-25-3)20(24)21-14-8-9-14/h4-7,12-14H,8-11H2,1-3H3,(H,21,24). The van der Waals surface area contributed by atoms with Crippen LogP contribution >= 0.6 is 0 Å². The molecule has 0 unspecified atom stereocenters. The third-order valence-corrected chi connectivity index (χ3v) is 4.94. The van der Waals surface area contributed by atoms with Crippen molar-refractivity contribution in [2.24, 2.45) is 0 Å². The minimum Gasteiger partial charge on any atom is -0.383 e. The Morgan fingerprint density at radius 2 is 2.04 bits per heavy atom. The van der Waals surface area contributed by atoms with E-state index in [0.29, 0.717) is 25.2 Å². The van der Waals surface area contributed by atoms with Crippen LogP contribution in [0.3, 0.4) is 0 Å². The molecule has 25 heavy (non-hydrogen) atoms. The molecule has 0 bridgehead atoms. The molecule has 1 aromatic carbocycles. The second-order valence-corrected chi connectivity index (χ2v) is 7.14. The highest BCUT2D eigenvalue weighted by molar-refractivity contribution is 6.10. The normalized spacial score (nSPS) is 14.7. The van der Waals surface area contributed by atoms with Crippen molar-refractivity contribution in [2.75, 3.05) is 13.7 Å². The number of benzene rings is 1. The van der Waals surface area contributed by atoms with Gasteiger partial charge in [0.1, 0.15) is 5.69 Å². The van der Waals surface area contributed by atoms with Crippen LogP contribution in [0, 0.1) is 0 Å². The topological polar surface area (TPSA) is 48.2 Å². The average Bonchev–Trinajstić information content (AvgIpc) is 3.23. The lowest BCUT2D eigenvalue weighted by atomic mass is 10.2. The van der Waals surface area contributed by atoms with E-state index in [1.807, 2.05) is 6.07 Å². The molecule has 1 aliphatic rings. The van der Waals surface area contributed by atoms with Gasteiger partial charge in [-0.25, -0.2) is 0 Å². The average molecular weight is 339 g/mol. The zero-order valence-electron chi connectivity index (χ0n) is 15.1. The van der Waals surface area contributed by atoms with Gasteiger partial charge in [0.25, 0.3) is 5.91 Å². The molecule has 0 aliphatic heterocycles. The monoisotopic (exact) mass is 339 g/mol. The molecule has 2 heterocycles. The molecule has 1 amide bonds. The number of rotatable bonds is 6. The lowest BCUT2D eigenvalue weighted by Gasteiger charge is -2.11. The molecule has 5 heteroatoms. The number of carbonyl (C=O) groups is 1. The summed E-state index contributed by atoms with van der Waals surface area (Å²) in [4.78, 5) is 12.8. The molecule has 1 aliphatic carbocycles. The first kappa shape index (κ1) is 16.2. The van der Waals surface area contributed by atoms with Crippen molar-refractivity contribution in [3.8, 4) is 0 Å². The lowest BCUT2D eigenvalue weighted by Crippen LogP contribution is -2.28. The van der Waals surface area contributed by atoms with Crippen LogP contribution in [0.25, 0.3) is 21.9 Å². The fourth-order valence-corrected chi connectivity index (χ4v) is 3.66. The minimum absolute atomic E-state index is 0.0224. The first-order chi connectivity index (χ1) is 12.1. The highest BCUT2D eigenvalue weighted by atomic mass is 16.5. The zero-order chi connectivity index (χ0) is 17.6. The Kier molecular flexibility index (Phi) is 4.04. The predicted octanol–water partition coefficient (Wildman–Crippen LogP) is 3.72. The van der Waals surface area contributed by atoms with E-state index in [-0.39, 0.29) is 5.91 Å². The number of ether oxygens (including phenoxy) is 1. The van der Waals surface area contributed by atoms with Crippen LogP contribution in [0.15, 0.2) is 30.3 Å². The fourth-order valence-electron chi connectivity index (χ4n) is 3.66. The van der Waals surface area contributed by atoms with Crippen LogP contribution in [0.5, 0.6) is 0 Å². The summed E-state index contributed by atoms with van der Waals surface area (Å²) in [5.74, 6) is 0.0224. The van der Waals surface area contributed by atoms with Gasteiger partial charge in [-0.3, -0.25) is 4.79 Å². The van der Waals surface area contributed by atoms with E-state index >= 15 is 0 Å². The summed E-state index contributed by atoms with van der Waals surface area (Å²) < 4.78 is 9.74. The van der Waals surface area contributed by atoms with Crippen molar-refractivity contribution in [3.63, 3.8) is 0 Å². The Morgan fingerprint density at radius 1 is 1.28 bits per heavy atom. The first-order valence-corrected chi connectivity index (χ1v) is 9.03. The second-order valence-electron chi connectivity index (χ2n) is 7.14. The third kappa shape index (κ3) is 2.72. The van der Waals surface area contributed by atoms with Crippen LogP contribution in [0.4, 0.5) is 0 Å². The smallest absolute Gasteiger partial charge is 0.268 e. The van der Waals surface area contributed by atoms with Gasteiger partial charge in [0.2, 0.25) is 0 Å². The van der Waals surface area contributed by atoms with Gasteiger partial charge in [-0.05, 0) is 38.8 Å². The van der Waals surface area contributed by atoms with E-state index in [2.05, 4.69) is 52.6 Å². The van der Waals surface area contributed by atoms with Crippen molar-refractivity contribution < 1.29 is 9.53 Å². The van der Waals surface area contributed by atoms with Crippen LogP contribution < -0.4 is 5.32 Å². The van der Waals surface area contributed by atoms with Gasteiger partial charge in [-0.1, -0.05) is 18.2 Å². The summed E-state index contributed by atoms with van der Waals surface area (Å²) in [6, 6.07) is 11.1. The highest BCUT2D eigenvalue weighted by Gasteiger charge is 2.27. The molecule has 4 rings (SSSR count). The molecule has 3 aromatic rings. The number of carbonyl (C=O) groups excluding carboxylic acids is 1. The SMILES string of the molecule is COCCn1c(C(=O)NC2CC2)cc2c1c1ccccc1n2C(C)C. The number of nitrogens with zero attached hydrogens (tertiary/aromatic N) is 2. The van der Waals surface area contributed by atoms with Gasteiger partial charge >= 0.3 is 0 Å². The molecule has 1 N–H and O–H groups in total. The highest BCUT2D eigenvalue weighted by Crippen LogP contribution is 2.34. The van der Waals surface area contributed by atoms with Gasteiger partial charge < -0.3 is 19.2 Å². The van der Waals surface area contributed by atoms with Gasteiger partial charge in [0.05, 0.1) is 23.2 Å². The quantitative estimate of drug-likeness (QED) is 0.744. The third-order valence-electron chi connectivity index (χ3n) is 4.94. The molecule has 0 atom stereocenters. The Morgan fingerprint density at radius 3 is 2.72 bits per heavy atom. The zero-order valence-corrected chi connectivity index (χ0v) is 15.1. The first-order valence-electron chi connectivity index (χ1n) is 9.03. The van der Waals surface area contributed by atoms with Gasteiger partial charge in [-0.15, -0.1) is 0 Å². The summed E-state index contributed by atoms with van der Waals surface area (Å²) >= 11 is 0. The van der Waals surface area contributed by atoms with E-state index in [4.69, 9.17) is 4.74 Å². The summed E-state index contributed by atoms with van der Waals surface area (Å²) in [6.45, 7) is 5.61. The maximum atomic E-state index is 12.8. The Hall–Kier alpha value is -2.27. The number of nitrogens with one attached hydrogen (secondary N) is 1. The number of aromatic nitrogens is 2. The maximum Gasteiger partial charge on any atom is 0.268 e. The number of hydrogen-bond donors (Lipinski definition) is 1. The molecule has 1 saturated carbocycles. The fraction of sp³-hybridized carbons (Fsp3) is 0.450. The van der Waals surface area contributed by atoms with Crippen LogP contribution in [0.2, 0.25) is 0 Å². The van der Waals surface area contributed by atoms with Crippen LogP contribution in [-0.2, 0) is 11.3 Å². The lowest BCUT2D eigenvalue weighted by molar-refractivity contribution is 0.0939. The number of fused-ring (bicyclic) bond motifs is 3. The summed E-state index contributed by atoms with van der Waals surface area (Å²) in [6.07, 6.45) is 2.18. The van der Waals surface area contributed by atoms with Crippen molar-refractivity contribution in [1.29, 1.82) is 0 Å². The van der Waals surface area contributed by atoms with Crippen molar-refractivity contribution in [1.82, 2.24) is 14.5 Å². The van der Waals surface area contributed by atoms with E-state index in [0.717, 1.165) is 29.6 Å². The van der Waals surface area contributed by atoms with Gasteiger partial charge in [0.15, 0.2) is 0 Å². The number of amides is 1. The number of hydrogen-bond acceptors (Lipinski definition) is 2. The molecule has 0 radical (unpaired) electrons. The maximum absolute atomic E-state index is 12.8. The molecule has 2 aromatic heterocycles. The second kappa shape index (κ2) is 6.23. The summed E-state index contributed by atoms with van der Waals surface area (Å²) in [5.41, 5.74) is 4.19. The van der Waals surface area contributed by atoms with E-state index < -0.39 is 0 Å². The van der Waals surface area contributed by atoms with Crippen LogP contribution in [-0.4, -0.2) is 34.8 Å². The van der Waals surface area contributed by atoms with Gasteiger partial charge in [0, 0.05) is 31.1 Å². The molecule has 132 valence electrons. The van der Waals surface area contributed by atoms with Crippen LogP contribution in [0.1, 0.15) is 43.2 Å². The molecular weight excluding hydrogens is 314 g/mol. The molecule has 0 saturated heterocycles. The summed E-state index contributed by atoms with van der Waals surface area (Å²) in [7, 11) is 1.70. The summed E-state index contributed by atoms with van der Waals surface area (Å²) in [5, 5.41) is 4.31. The Balaban J connectivity index is 1.95. The van der Waals surface area contributed by atoms with E-state index in [1.54, 1.807) is 7.11 Å². The minimum atomic E-state index is 0.0224. The Labute approximate surface area is 147 Å².